The van der Waals surface area contributed by atoms with E-state index in [9.17, 15) is 4.79 Å². The zero-order valence-electron chi connectivity index (χ0n) is 14.4. The second-order valence-electron chi connectivity index (χ2n) is 7.13. The van der Waals surface area contributed by atoms with Crippen LogP contribution in [-0.2, 0) is 5.41 Å². The van der Waals surface area contributed by atoms with Crippen molar-refractivity contribution in [2.45, 2.75) is 59.4 Å². The van der Waals surface area contributed by atoms with Crippen molar-refractivity contribution in [3.63, 3.8) is 0 Å². The SMILES string of the molecule is CNc1cc(C(=O)NC(C)CC(C)C)cc(C(C)(C)C)n1. The number of anilines is 1. The molecule has 4 heteroatoms. The molecule has 0 fully saturated rings. The summed E-state index contributed by atoms with van der Waals surface area (Å²) in [6, 6.07) is 3.85. The highest BCUT2D eigenvalue weighted by Gasteiger charge is 2.20. The molecule has 0 aromatic carbocycles. The quantitative estimate of drug-likeness (QED) is 0.871. The number of carbonyl (C=O) groups excluding carboxylic acids is 1. The first-order valence-corrected chi connectivity index (χ1v) is 7.64. The Bertz CT molecular complexity index is 489. The summed E-state index contributed by atoms with van der Waals surface area (Å²) in [6.07, 6.45) is 0.974. The van der Waals surface area contributed by atoms with Gasteiger partial charge in [-0.1, -0.05) is 34.6 Å². The summed E-state index contributed by atoms with van der Waals surface area (Å²) in [7, 11) is 1.82. The highest BCUT2D eigenvalue weighted by Crippen LogP contribution is 2.23. The van der Waals surface area contributed by atoms with Crippen LogP contribution in [0.4, 0.5) is 5.82 Å². The van der Waals surface area contributed by atoms with Gasteiger partial charge in [-0.05, 0) is 31.4 Å². The summed E-state index contributed by atoms with van der Waals surface area (Å²) in [5.74, 6) is 1.26. The van der Waals surface area contributed by atoms with E-state index in [2.05, 4.69) is 50.2 Å². The minimum atomic E-state index is -0.0918. The average molecular weight is 291 g/mol. The molecule has 1 rings (SSSR count). The number of nitrogens with zero attached hydrogens (tertiary/aromatic N) is 1. The third-order valence-corrected chi connectivity index (χ3v) is 3.31. The Morgan fingerprint density at radius 2 is 1.86 bits per heavy atom. The van der Waals surface area contributed by atoms with E-state index in [1.54, 1.807) is 6.07 Å². The van der Waals surface area contributed by atoms with Crippen molar-refractivity contribution in [3.05, 3.63) is 23.4 Å². The third kappa shape index (κ3) is 5.37. The van der Waals surface area contributed by atoms with Gasteiger partial charge < -0.3 is 10.6 Å². The summed E-state index contributed by atoms with van der Waals surface area (Å²) in [4.78, 5) is 17.0. The van der Waals surface area contributed by atoms with E-state index >= 15 is 0 Å². The lowest BCUT2D eigenvalue weighted by atomic mass is 9.90. The van der Waals surface area contributed by atoms with Crippen LogP contribution in [-0.4, -0.2) is 24.0 Å². The fraction of sp³-hybridized carbons (Fsp3) is 0.647. The molecular weight excluding hydrogens is 262 g/mol. The van der Waals surface area contributed by atoms with E-state index in [0.29, 0.717) is 11.5 Å². The van der Waals surface area contributed by atoms with E-state index in [4.69, 9.17) is 0 Å². The second-order valence-corrected chi connectivity index (χ2v) is 7.13. The van der Waals surface area contributed by atoms with Crippen LogP contribution in [0, 0.1) is 5.92 Å². The number of amides is 1. The molecule has 1 amide bonds. The molecule has 118 valence electrons. The van der Waals surface area contributed by atoms with Crippen molar-refractivity contribution >= 4 is 11.7 Å². The van der Waals surface area contributed by atoms with Gasteiger partial charge in [0, 0.05) is 29.8 Å². The summed E-state index contributed by atoms with van der Waals surface area (Å²) in [6.45, 7) is 12.6. The van der Waals surface area contributed by atoms with Gasteiger partial charge in [0.05, 0.1) is 0 Å². The molecule has 0 aliphatic heterocycles. The summed E-state index contributed by atoms with van der Waals surface area (Å²) >= 11 is 0. The minimum absolute atomic E-state index is 0.0347. The maximum atomic E-state index is 12.4. The number of hydrogen-bond acceptors (Lipinski definition) is 3. The van der Waals surface area contributed by atoms with Gasteiger partial charge in [-0.15, -0.1) is 0 Å². The first kappa shape index (κ1) is 17.5. The molecule has 0 aliphatic carbocycles. The summed E-state index contributed by atoms with van der Waals surface area (Å²) in [5.41, 5.74) is 1.48. The lowest BCUT2D eigenvalue weighted by molar-refractivity contribution is 0.0936. The van der Waals surface area contributed by atoms with Gasteiger partial charge in [0.15, 0.2) is 0 Å². The van der Waals surface area contributed by atoms with Gasteiger partial charge in [0.1, 0.15) is 5.82 Å². The molecule has 0 spiro atoms. The Labute approximate surface area is 128 Å². The summed E-state index contributed by atoms with van der Waals surface area (Å²) < 4.78 is 0. The average Bonchev–Trinajstić information content (AvgIpc) is 2.35. The smallest absolute Gasteiger partial charge is 0.251 e. The molecule has 0 radical (unpaired) electrons. The van der Waals surface area contributed by atoms with Gasteiger partial charge in [-0.2, -0.15) is 0 Å². The van der Waals surface area contributed by atoms with E-state index in [0.717, 1.165) is 17.9 Å². The van der Waals surface area contributed by atoms with Crippen LogP contribution in [0.5, 0.6) is 0 Å². The molecule has 0 saturated carbocycles. The van der Waals surface area contributed by atoms with Crippen LogP contribution >= 0.6 is 0 Å². The lowest BCUT2D eigenvalue weighted by Gasteiger charge is -2.21. The zero-order valence-corrected chi connectivity index (χ0v) is 14.4. The van der Waals surface area contributed by atoms with E-state index in [1.807, 2.05) is 20.0 Å². The summed E-state index contributed by atoms with van der Waals surface area (Å²) in [5, 5.41) is 6.09. The fourth-order valence-electron chi connectivity index (χ4n) is 2.25. The van der Waals surface area contributed by atoms with Gasteiger partial charge in [0.2, 0.25) is 0 Å². The van der Waals surface area contributed by atoms with Crippen molar-refractivity contribution in [1.29, 1.82) is 0 Å². The van der Waals surface area contributed by atoms with Crippen LogP contribution in [0.15, 0.2) is 12.1 Å². The standard InChI is InChI=1S/C17H29N3O/c1-11(2)8-12(3)19-16(21)13-9-14(17(4,5)6)20-15(10-13)18-7/h9-12H,8H2,1-7H3,(H,18,20)(H,19,21). The molecule has 0 aliphatic rings. The molecule has 0 bridgehead atoms. The molecular formula is C17H29N3O. The maximum Gasteiger partial charge on any atom is 0.251 e. The Hall–Kier alpha value is -1.58. The molecule has 1 aromatic heterocycles. The predicted octanol–water partition coefficient (Wildman–Crippen LogP) is 3.59. The number of nitrogens with one attached hydrogen (secondary N) is 2. The third-order valence-electron chi connectivity index (χ3n) is 3.31. The number of rotatable bonds is 5. The lowest BCUT2D eigenvalue weighted by Crippen LogP contribution is -2.33. The van der Waals surface area contributed by atoms with E-state index < -0.39 is 0 Å². The number of carbonyl (C=O) groups is 1. The van der Waals surface area contributed by atoms with E-state index in [1.165, 1.54) is 0 Å². The predicted molar refractivity (Wildman–Crippen MR) is 88.9 cm³/mol. The maximum absolute atomic E-state index is 12.4. The highest BCUT2D eigenvalue weighted by molar-refractivity contribution is 5.95. The molecule has 1 unspecified atom stereocenters. The first-order valence-electron chi connectivity index (χ1n) is 7.64. The minimum Gasteiger partial charge on any atom is -0.373 e. The van der Waals surface area contributed by atoms with E-state index in [-0.39, 0.29) is 17.4 Å². The highest BCUT2D eigenvalue weighted by atomic mass is 16.1. The van der Waals surface area contributed by atoms with Crippen molar-refractivity contribution in [3.8, 4) is 0 Å². The Kier molecular flexibility index (Phi) is 5.76. The second kappa shape index (κ2) is 6.92. The largest absolute Gasteiger partial charge is 0.373 e. The molecule has 21 heavy (non-hydrogen) atoms. The monoisotopic (exact) mass is 291 g/mol. The van der Waals surface area contributed by atoms with Crippen molar-refractivity contribution in [2.75, 3.05) is 12.4 Å². The van der Waals surface area contributed by atoms with Crippen LogP contribution in [0.1, 0.15) is 64.0 Å². The molecule has 1 aromatic rings. The normalized spacial score (nSPS) is 13.1. The van der Waals surface area contributed by atoms with Crippen LogP contribution < -0.4 is 10.6 Å². The molecule has 1 heterocycles. The fourth-order valence-corrected chi connectivity index (χ4v) is 2.25. The van der Waals surface area contributed by atoms with Crippen LogP contribution in [0.25, 0.3) is 0 Å². The molecule has 4 nitrogen and oxygen atoms in total. The topological polar surface area (TPSA) is 54.0 Å². The molecule has 0 saturated heterocycles. The zero-order chi connectivity index (χ0) is 16.2. The van der Waals surface area contributed by atoms with Gasteiger partial charge >= 0.3 is 0 Å². The van der Waals surface area contributed by atoms with Crippen molar-refractivity contribution < 1.29 is 4.79 Å². The Morgan fingerprint density at radius 1 is 1.24 bits per heavy atom. The van der Waals surface area contributed by atoms with Gasteiger partial charge in [0.25, 0.3) is 5.91 Å². The number of pyridine rings is 1. The molecule has 1 atom stereocenters. The molecule has 2 N–H and O–H groups in total. The van der Waals surface area contributed by atoms with Crippen molar-refractivity contribution in [1.82, 2.24) is 10.3 Å². The van der Waals surface area contributed by atoms with Gasteiger partial charge in [-0.3, -0.25) is 4.79 Å². The Morgan fingerprint density at radius 3 is 2.33 bits per heavy atom. The Balaban J connectivity index is 2.98. The van der Waals surface area contributed by atoms with Crippen molar-refractivity contribution in [2.24, 2.45) is 5.92 Å². The van der Waals surface area contributed by atoms with Crippen LogP contribution in [0.3, 0.4) is 0 Å². The number of hydrogen-bond donors (Lipinski definition) is 2. The van der Waals surface area contributed by atoms with Gasteiger partial charge in [-0.25, -0.2) is 4.98 Å². The number of aromatic nitrogens is 1. The first-order chi connectivity index (χ1) is 9.63. The van der Waals surface area contributed by atoms with Crippen LogP contribution in [0.2, 0.25) is 0 Å².